The summed E-state index contributed by atoms with van der Waals surface area (Å²) in [7, 11) is 3.01. The van der Waals surface area contributed by atoms with Crippen molar-refractivity contribution < 1.29 is 33.4 Å². The second kappa shape index (κ2) is 17.3. The molecule has 16 nitrogen and oxygen atoms in total. The largest absolute Gasteiger partial charge is 0.492 e. The standard InChI is InChI=1S/C30H41N9O7/c1-18-29(43)37-23(28(33-2)38-35-17-41)13-19-4-6-24(45-10-8-31)21(12-19)22-14-20(5-7-25(22)46-11-9-32)27(30(44)36-18)39(3)26(42)15-34-16-40/h4-7,12,14,16-18,23,27H,8-11,13,15,31-32H2,1-3H3,(H,33,38)(H,34,40)(H,35,41)(H,36,44)(H,37,43)/t18-,23?,27?/m0/s1. The number of nitrogens with one attached hydrogen (secondary N) is 5. The van der Waals surface area contributed by atoms with E-state index in [0.29, 0.717) is 41.0 Å². The Morgan fingerprint density at radius 2 is 1.65 bits per heavy atom. The number of likely N-dealkylation sites (N-methyl/N-ethyl adjacent to an activating group) is 2. The van der Waals surface area contributed by atoms with Crippen LogP contribution in [0.2, 0.25) is 0 Å². The molecular weight excluding hydrogens is 598 g/mol. The zero-order valence-corrected chi connectivity index (χ0v) is 26.0. The van der Waals surface area contributed by atoms with E-state index < -0.39 is 35.8 Å². The van der Waals surface area contributed by atoms with Crippen LogP contribution in [0.4, 0.5) is 0 Å². The zero-order valence-electron chi connectivity index (χ0n) is 26.0. The molecule has 2 aromatic carbocycles. The number of nitrogens with two attached hydrogens (primary N) is 2. The molecule has 3 rings (SSSR count). The lowest BCUT2D eigenvalue weighted by molar-refractivity contribution is -0.140. The molecule has 9 N–H and O–H groups in total. The molecule has 0 spiro atoms. The number of amides is 5. The van der Waals surface area contributed by atoms with Crippen molar-refractivity contribution in [3.63, 3.8) is 0 Å². The lowest BCUT2D eigenvalue weighted by Gasteiger charge is -2.30. The van der Waals surface area contributed by atoms with Gasteiger partial charge in [-0.3, -0.25) is 24.0 Å². The molecule has 46 heavy (non-hydrogen) atoms. The average Bonchev–Trinajstić information content (AvgIpc) is 3.05. The molecule has 4 bridgehead atoms. The molecule has 1 aliphatic rings. The van der Waals surface area contributed by atoms with Crippen molar-refractivity contribution in [1.82, 2.24) is 31.6 Å². The van der Waals surface area contributed by atoms with Crippen LogP contribution in [0, 0.1) is 0 Å². The lowest BCUT2D eigenvalue weighted by Crippen LogP contribution is -2.55. The molecule has 0 saturated carbocycles. The number of carbonyl (C=O) groups is 5. The van der Waals surface area contributed by atoms with Crippen molar-refractivity contribution in [2.45, 2.75) is 31.5 Å². The maximum absolute atomic E-state index is 13.9. The van der Waals surface area contributed by atoms with E-state index in [-0.39, 0.29) is 45.1 Å². The van der Waals surface area contributed by atoms with E-state index in [1.807, 2.05) is 12.1 Å². The van der Waals surface area contributed by atoms with Gasteiger partial charge in [-0.1, -0.05) is 12.1 Å². The van der Waals surface area contributed by atoms with Gasteiger partial charge in [0.05, 0.1) is 12.6 Å². The van der Waals surface area contributed by atoms with Crippen molar-refractivity contribution in [2.24, 2.45) is 16.6 Å². The summed E-state index contributed by atoms with van der Waals surface area (Å²) in [5.74, 6) is -0.598. The summed E-state index contributed by atoms with van der Waals surface area (Å²) in [6.07, 6.45) is 0.997. The van der Waals surface area contributed by atoms with Crippen LogP contribution in [0.15, 0.2) is 41.5 Å². The van der Waals surface area contributed by atoms with Crippen molar-refractivity contribution >= 4 is 36.4 Å². The molecule has 0 radical (unpaired) electrons. The molecule has 1 aliphatic heterocycles. The number of benzene rings is 2. The number of hydrazone groups is 1. The summed E-state index contributed by atoms with van der Waals surface area (Å²) in [4.78, 5) is 63.4. The maximum Gasteiger partial charge on any atom is 0.248 e. The Balaban J connectivity index is 2.32. The van der Waals surface area contributed by atoms with Gasteiger partial charge in [0.1, 0.15) is 42.6 Å². The first kappa shape index (κ1) is 35.3. The molecule has 2 unspecified atom stereocenters. The van der Waals surface area contributed by atoms with Gasteiger partial charge in [0.15, 0.2) is 0 Å². The number of carbonyl (C=O) groups excluding carboxylic acids is 5. The quantitative estimate of drug-likeness (QED) is 0.0557. The number of rotatable bonds is 13. The highest BCUT2D eigenvalue weighted by Gasteiger charge is 2.33. The number of hydrogen-bond donors (Lipinski definition) is 7. The van der Waals surface area contributed by atoms with E-state index in [1.54, 1.807) is 31.3 Å². The Kier molecular flexibility index (Phi) is 13.3. The second-order valence-corrected chi connectivity index (χ2v) is 10.3. The third-order valence-electron chi connectivity index (χ3n) is 7.10. The van der Waals surface area contributed by atoms with E-state index in [9.17, 15) is 24.0 Å². The fourth-order valence-electron chi connectivity index (χ4n) is 4.89. The fraction of sp³-hybridized carbons (Fsp3) is 0.400. The molecule has 0 aliphatic carbocycles. The molecule has 2 aromatic rings. The first-order chi connectivity index (χ1) is 22.2. The predicted molar refractivity (Wildman–Crippen MR) is 169 cm³/mol. The summed E-state index contributed by atoms with van der Waals surface area (Å²) < 4.78 is 12.0. The van der Waals surface area contributed by atoms with Crippen LogP contribution in [0.1, 0.15) is 24.1 Å². The topological polar surface area (TPSA) is 232 Å². The third kappa shape index (κ3) is 8.92. The highest BCUT2D eigenvalue weighted by molar-refractivity contribution is 5.96. The second-order valence-electron chi connectivity index (χ2n) is 10.3. The summed E-state index contributed by atoms with van der Waals surface area (Å²) in [5, 5.41) is 14.8. The fourth-order valence-corrected chi connectivity index (χ4v) is 4.89. The first-order valence-electron chi connectivity index (χ1n) is 14.6. The van der Waals surface area contributed by atoms with E-state index in [4.69, 9.17) is 20.9 Å². The summed E-state index contributed by atoms with van der Waals surface area (Å²) in [6, 6.07) is 7.42. The van der Waals surface area contributed by atoms with Crippen molar-refractivity contribution in [3.05, 3.63) is 47.5 Å². The van der Waals surface area contributed by atoms with E-state index in [1.165, 1.54) is 18.9 Å². The van der Waals surface area contributed by atoms with Gasteiger partial charge >= 0.3 is 0 Å². The number of hydrogen-bond acceptors (Lipinski definition) is 10. The molecular formula is C30H41N9O7. The number of ether oxygens (including phenoxy) is 2. The molecule has 16 heteroatoms. The van der Waals surface area contributed by atoms with Crippen LogP contribution in [0.3, 0.4) is 0 Å². The minimum Gasteiger partial charge on any atom is -0.492 e. The van der Waals surface area contributed by atoms with Gasteiger partial charge in [-0.05, 0) is 48.7 Å². The highest BCUT2D eigenvalue weighted by atomic mass is 16.5. The molecule has 248 valence electrons. The molecule has 5 amide bonds. The van der Waals surface area contributed by atoms with E-state index in [2.05, 4.69) is 31.8 Å². The minimum absolute atomic E-state index is 0.196. The van der Waals surface area contributed by atoms with Crippen molar-refractivity contribution in [1.29, 1.82) is 0 Å². The zero-order chi connectivity index (χ0) is 33.6. The SMILES string of the molecule is CN/C(=N\NC=O)C1Cc2ccc(OCCN)c(c2)-c2cc(ccc2OCCN)C(N(C)C(=O)CNC=O)C(=O)N[C@@H](C)C(=O)N1. The van der Waals surface area contributed by atoms with Crippen LogP contribution in [0.25, 0.3) is 11.1 Å². The van der Waals surface area contributed by atoms with Crippen molar-refractivity contribution in [3.8, 4) is 22.6 Å². The summed E-state index contributed by atoms with van der Waals surface area (Å²) >= 11 is 0. The molecule has 0 fully saturated rings. The Labute approximate surface area is 266 Å². The van der Waals surface area contributed by atoms with Gasteiger partial charge < -0.3 is 47.1 Å². The van der Waals surface area contributed by atoms with Gasteiger partial charge in [0.2, 0.25) is 30.5 Å². The van der Waals surface area contributed by atoms with Crippen LogP contribution in [-0.2, 0) is 30.4 Å². The highest BCUT2D eigenvalue weighted by Crippen LogP contribution is 2.40. The van der Waals surface area contributed by atoms with Gasteiger partial charge in [-0.25, -0.2) is 5.43 Å². The lowest BCUT2D eigenvalue weighted by atomic mass is 9.93. The minimum atomic E-state index is -1.22. The Morgan fingerprint density at radius 3 is 2.26 bits per heavy atom. The monoisotopic (exact) mass is 639 g/mol. The van der Waals surface area contributed by atoms with Crippen molar-refractivity contribution in [2.75, 3.05) is 46.9 Å². The van der Waals surface area contributed by atoms with Crippen LogP contribution < -0.4 is 47.6 Å². The molecule has 0 saturated heterocycles. The van der Waals surface area contributed by atoms with Crippen LogP contribution >= 0.6 is 0 Å². The Morgan fingerprint density at radius 1 is 1.00 bits per heavy atom. The smallest absolute Gasteiger partial charge is 0.248 e. The molecule has 1 heterocycles. The van der Waals surface area contributed by atoms with E-state index in [0.717, 1.165) is 5.56 Å². The number of fused-ring (bicyclic) bond motifs is 5. The maximum atomic E-state index is 13.9. The third-order valence-corrected chi connectivity index (χ3v) is 7.10. The van der Waals surface area contributed by atoms with Crippen LogP contribution in [-0.4, -0.2) is 100 Å². The Hall–Kier alpha value is -5.22. The van der Waals surface area contributed by atoms with Gasteiger partial charge in [0, 0.05) is 38.3 Å². The normalized spacial score (nSPS) is 18.2. The predicted octanol–water partition coefficient (Wildman–Crippen LogP) is -1.90. The van der Waals surface area contributed by atoms with Gasteiger partial charge in [-0.15, -0.1) is 0 Å². The van der Waals surface area contributed by atoms with Crippen LogP contribution in [0.5, 0.6) is 11.5 Å². The summed E-state index contributed by atoms with van der Waals surface area (Å²) in [6.45, 7) is 2.04. The number of nitrogens with zero attached hydrogens (tertiary/aromatic N) is 2. The number of amidine groups is 1. The Bertz CT molecular complexity index is 1440. The van der Waals surface area contributed by atoms with Gasteiger partial charge in [0.25, 0.3) is 0 Å². The molecule has 3 atom stereocenters. The molecule has 0 aromatic heterocycles. The average molecular weight is 640 g/mol. The van der Waals surface area contributed by atoms with Gasteiger partial charge in [-0.2, -0.15) is 5.10 Å². The van der Waals surface area contributed by atoms with E-state index >= 15 is 0 Å². The summed E-state index contributed by atoms with van der Waals surface area (Å²) in [5.41, 5.74) is 16.0. The first-order valence-corrected chi connectivity index (χ1v) is 14.6.